The first-order valence-electron chi connectivity index (χ1n) is 11.2. The van der Waals surface area contributed by atoms with Crippen molar-refractivity contribution < 1.29 is 28.5 Å². The summed E-state index contributed by atoms with van der Waals surface area (Å²) >= 11 is 12.7. The van der Waals surface area contributed by atoms with Gasteiger partial charge in [0.2, 0.25) is 6.04 Å². The van der Waals surface area contributed by atoms with Crippen LogP contribution in [-0.2, 0) is 9.59 Å². The van der Waals surface area contributed by atoms with Crippen LogP contribution in [0.2, 0.25) is 10.0 Å². The van der Waals surface area contributed by atoms with Gasteiger partial charge in [-0.2, -0.15) is 5.11 Å². The Balaban J connectivity index is 2.41. The number of hydrogen-bond acceptors (Lipinski definition) is 8. The molecule has 0 radical (unpaired) electrons. The maximum atomic E-state index is 13.0. The topological polar surface area (TPSA) is 108 Å². The van der Waals surface area contributed by atoms with E-state index in [0.717, 1.165) is 0 Å². The Kier molecular flexibility index (Phi) is 11.1. The van der Waals surface area contributed by atoms with Gasteiger partial charge >= 0.3 is 0 Å². The molecule has 2 rings (SSSR count). The van der Waals surface area contributed by atoms with Gasteiger partial charge < -0.3 is 24.3 Å². The predicted molar refractivity (Wildman–Crippen MR) is 135 cm³/mol. The molecule has 0 fully saturated rings. The Morgan fingerprint density at radius 2 is 1.51 bits per heavy atom. The van der Waals surface area contributed by atoms with Crippen molar-refractivity contribution in [3.8, 4) is 23.0 Å². The number of nitrogens with one attached hydrogen (secondary N) is 1. The van der Waals surface area contributed by atoms with Crippen LogP contribution in [0.25, 0.3) is 0 Å². The van der Waals surface area contributed by atoms with Crippen molar-refractivity contribution in [1.29, 1.82) is 0 Å². The molecule has 0 spiro atoms. The van der Waals surface area contributed by atoms with E-state index >= 15 is 0 Å². The molecule has 190 valence electrons. The maximum Gasteiger partial charge on any atom is 0.258 e. The predicted octanol–water partition coefficient (Wildman–Crippen LogP) is 6.27. The van der Waals surface area contributed by atoms with Crippen molar-refractivity contribution in [2.24, 2.45) is 10.2 Å². The highest BCUT2D eigenvalue weighted by Crippen LogP contribution is 2.43. The van der Waals surface area contributed by atoms with Crippen LogP contribution in [0, 0.1) is 0 Å². The zero-order valence-electron chi connectivity index (χ0n) is 20.3. The lowest BCUT2D eigenvalue weighted by Gasteiger charge is -2.17. The fraction of sp³-hybridized carbons (Fsp3) is 0.417. The molecule has 0 aliphatic carbocycles. The van der Waals surface area contributed by atoms with E-state index < -0.39 is 17.7 Å². The fourth-order valence-corrected chi connectivity index (χ4v) is 3.43. The van der Waals surface area contributed by atoms with Crippen LogP contribution < -0.4 is 24.3 Å². The van der Waals surface area contributed by atoms with Crippen LogP contribution in [-0.4, -0.2) is 44.2 Å². The summed E-state index contributed by atoms with van der Waals surface area (Å²) in [5.74, 6) is 0.168. The number of benzene rings is 2. The van der Waals surface area contributed by atoms with Crippen molar-refractivity contribution in [3.63, 3.8) is 0 Å². The van der Waals surface area contributed by atoms with E-state index in [0.29, 0.717) is 43.7 Å². The molecule has 1 N–H and O–H groups in total. The molecule has 1 unspecified atom stereocenters. The number of carbonyl (C=O) groups excluding carboxylic acids is 2. The third-order valence-corrected chi connectivity index (χ3v) is 5.03. The molecule has 11 heteroatoms. The van der Waals surface area contributed by atoms with Gasteiger partial charge in [-0.05, 0) is 46.8 Å². The third kappa shape index (κ3) is 7.47. The Bertz CT molecular complexity index is 1080. The van der Waals surface area contributed by atoms with Crippen molar-refractivity contribution in [2.45, 2.75) is 40.7 Å². The number of anilines is 1. The molecule has 35 heavy (non-hydrogen) atoms. The Labute approximate surface area is 214 Å². The van der Waals surface area contributed by atoms with Crippen molar-refractivity contribution >= 4 is 46.3 Å². The number of azo groups is 1. The first-order valence-corrected chi connectivity index (χ1v) is 11.9. The number of Topliss-reactive ketones (excluding diaryl/α,β-unsaturated/α-hetero) is 1. The minimum absolute atomic E-state index is 0.146. The largest absolute Gasteiger partial charge is 0.494 e. The normalized spacial score (nSPS) is 11.7. The van der Waals surface area contributed by atoms with Crippen molar-refractivity contribution in [1.82, 2.24) is 0 Å². The Hall–Kier alpha value is -3.04. The smallest absolute Gasteiger partial charge is 0.258 e. The van der Waals surface area contributed by atoms with E-state index in [1.54, 1.807) is 38.1 Å². The summed E-state index contributed by atoms with van der Waals surface area (Å²) in [7, 11) is 0. The second kappa shape index (κ2) is 13.7. The summed E-state index contributed by atoms with van der Waals surface area (Å²) in [6.07, 6.45) is 0. The van der Waals surface area contributed by atoms with E-state index in [2.05, 4.69) is 15.5 Å². The third-order valence-electron chi connectivity index (χ3n) is 4.43. The molecule has 2 aromatic carbocycles. The lowest BCUT2D eigenvalue weighted by molar-refractivity contribution is -0.126. The van der Waals surface area contributed by atoms with Crippen molar-refractivity contribution in [3.05, 3.63) is 34.3 Å². The maximum absolute atomic E-state index is 13.0. The lowest BCUT2D eigenvalue weighted by Crippen LogP contribution is -2.32. The molecule has 0 saturated heterocycles. The summed E-state index contributed by atoms with van der Waals surface area (Å²) in [5.41, 5.74) is 0.336. The fourth-order valence-electron chi connectivity index (χ4n) is 3.00. The average molecular weight is 526 g/mol. The monoisotopic (exact) mass is 525 g/mol. The molecule has 1 amide bonds. The number of nitrogens with zero attached hydrogens (tertiary/aromatic N) is 2. The van der Waals surface area contributed by atoms with Crippen LogP contribution in [0.4, 0.5) is 11.4 Å². The van der Waals surface area contributed by atoms with E-state index in [4.69, 9.17) is 42.1 Å². The second-order valence-electron chi connectivity index (χ2n) is 6.95. The van der Waals surface area contributed by atoms with E-state index in [1.165, 1.54) is 6.92 Å². The average Bonchev–Trinajstić information content (AvgIpc) is 2.80. The van der Waals surface area contributed by atoms with Gasteiger partial charge in [0.1, 0.15) is 22.9 Å². The number of ketones is 1. The van der Waals surface area contributed by atoms with Crippen LogP contribution >= 0.6 is 23.2 Å². The minimum Gasteiger partial charge on any atom is -0.494 e. The first-order chi connectivity index (χ1) is 16.8. The lowest BCUT2D eigenvalue weighted by atomic mass is 10.2. The molecule has 0 aromatic heterocycles. The van der Waals surface area contributed by atoms with Crippen LogP contribution in [0.15, 0.2) is 34.5 Å². The number of carbonyl (C=O) groups is 2. The van der Waals surface area contributed by atoms with Gasteiger partial charge in [0.25, 0.3) is 5.91 Å². The van der Waals surface area contributed by atoms with E-state index in [-0.39, 0.29) is 27.2 Å². The molecular formula is C24H29Cl2N3O6. The molecular weight excluding hydrogens is 497 g/mol. The highest BCUT2D eigenvalue weighted by atomic mass is 35.5. The van der Waals surface area contributed by atoms with Crippen LogP contribution in [0.3, 0.4) is 0 Å². The highest BCUT2D eigenvalue weighted by molar-refractivity contribution is 6.34. The first kappa shape index (κ1) is 28.2. The summed E-state index contributed by atoms with van der Waals surface area (Å²) in [6, 6.07) is 4.88. The molecule has 0 bridgehead atoms. The molecule has 1 atom stereocenters. The minimum atomic E-state index is -1.48. The Morgan fingerprint density at radius 3 is 2.11 bits per heavy atom. The van der Waals surface area contributed by atoms with Gasteiger partial charge in [-0.1, -0.05) is 23.2 Å². The summed E-state index contributed by atoms with van der Waals surface area (Å²) < 4.78 is 22.3. The van der Waals surface area contributed by atoms with Gasteiger partial charge in [-0.15, -0.1) is 5.11 Å². The molecule has 0 heterocycles. The molecule has 0 saturated carbocycles. The number of rotatable bonds is 13. The molecule has 0 aliphatic heterocycles. The highest BCUT2D eigenvalue weighted by Gasteiger charge is 2.26. The van der Waals surface area contributed by atoms with Gasteiger partial charge in [0, 0.05) is 12.1 Å². The summed E-state index contributed by atoms with van der Waals surface area (Å²) in [4.78, 5) is 25.3. The quantitative estimate of drug-likeness (QED) is 0.244. The molecule has 0 aliphatic rings. The zero-order chi connectivity index (χ0) is 26.0. The summed E-state index contributed by atoms with van der Waals surface area (Å²) in [5, 5.41) is 11.1. The van der Waals surface area contributed by atoms with E-state index in [9.17, 15) is 9.59 Å². The molecule has 9 nitrogen and oxygen atoms in total. The number of amides is 1. The van der Waals surface area contributed by atoms with Crippen LogP contribution in [0.1, 0.15) is 34.6 Å². The zero-order valence-corrected chi connectivity index (χ0v) is 21.8. The Morgan fingerprint density at radius 1 is 0.886 bits per heavy atom. The van der Waals surface area contributed by atoms with Gasteiger partial charge in [-0.25, -0.2) is 0 Å². The number of ether oxygens (including phenoxy) is 4. The van der Waals surface area contributed by atoms with Gasteiger partial charge in [0.05, 0.1) is 36.5 Å². The van der Waals surface area contributed by atoms with Crippen molar-refractivity contribution in [2.75, 3.05) is 31.7 Å². The standard InChI is InChI=1S/C24H29Cl2N3O6/c1-6-32-15-12-17(26)21(19(13-15)34-8-3)27-24(31)20(14(5)30)28-29-22-16(25)10-11-18(33-7-2)23(22)35-9-4/h10-13,20H,6-9H2,1-5H3,(H,27,31). The summed E-state index contributed by atoms with van der Waals surface area (Å²) in [6.45, 7) is 9.92. The SMILES string of the molecule is CCOc1cc(Cl)c(NC(=O)C(N=Nc2c(Cl)ccc(OCC)c2OCC)C(C)=O)c(OCC)c1. The molecule has 2 aromatic rings. The second-order valence-corrected chi connectivity index (χ2v) is 7.77. The number of halogens is 2. The van der Waals surface area contributed by atoms with E-state index in [1.807, 2.05) is 13.8 Å². The van der Waals surface area contributed by atoms with Crippen LogP contribution in [0.5, 0.6) is 23.0 Å². The van der Waals surface area contributed by atoms with Gasteiger partial charge in [0.15, 0.2) is 17.3 Å². The number of hydrogen-bond donors (Lipinski definition) is 1. The van der Waals surface area contributed by atoms with Gasteiger partial charge in [-0.3, -0.25) is 9.59 Å².